The molecule has 0 radical (unpaired) electrons. The zero-order chi connectivity index (χ0) is 16.6. The SMILES string of the molecule is CCN(CC)c1nc(Cl)nc2scc(-c3ccc(C)cc3C)c12. The van der Waals surface area contributed by atoms with E-state index in [9.17, 15) is 0 Å². The van der Waals surface area contributed by atoms with Gasteiger partial charge in [-0.2, -0.15) is 4.98 Å². The van der Waals surface area contributed by atoms with Crippen molar-refractivity contribution in [2.24, 2.45) is 0 Å². The molecule has 0 amide bonds. The fourth-order valence-electron chi connectivity index (χ4n) is 2.96. The number of thiophene rings is 1. The molecule has 23 heavy (non-hydrogen) atoms. The lowest BCUT2D eigenvalue weighted by Crippen LogP contribution is -2.23. The van der Waals surface area contributed by atoms with Gasteiger partial charge in [-0.25, -0.2) is 4.98 Å². The molecule has 120 valence electrons. The summed E-state index contributed by atoms with van der Waals surface area (Å²) in [4.78, 5) is 12.1. The van der Waals surface area contributed by atoms with Crippen molar-refractivity contribution in [1.29, 1.82) is 0 Å². The van der Waals surface area contributed by atoms with Gasteiger partial charge in [-0.3, -0.25) is 0 Å². The molecule has 0 aliphatic heterocycles. The van der Waals surface area contributed by atoms with Gasteiger partial charge in [0.2, 0.25) is 5.28 Å². The number of aromatic nitrogens is 2. The first-order chi connectivity index (χ1) is 11.0. The Balaban J connectivity index is 2.30. The van der Waals surface area contributed by atoms with Crippen LogP contribution in [-0.2, 0) is 0 Å². The first-order valence-electron chi connectivity index (χ1n) is 7.82. The number of hydrogen-bond donors (Lipinski definition) is 0. The van der Waals surface area contributed by atoms with Crippen LogP contribution in [-0.4, -0.2) is 23.1 Å². The van der Waals surface area contributed by atoms with Crippen molar-refractivity contribution >= 4 is 39.0 Å². The Morgan fingerprint density at radius 1 is 1.09 bits per heavy atom. The highest BCUT2D eigenvalue weighted by Crippen LogP contribution is 2.40. The topological polar surface area (TPSA) is 29.0 Å². The maximum atomic E-state index is 6.15. The van der Waals surface area contributed by atoms with Crippen LogP contribution in [0.4, 0.5) is 5.82 Å². The molecule has 5 heteroatoms. The van der Waals surface area contributed by atoms with Crippen molar-refractivity contribution in [3.05, 3.63) is 40.0 Å². The predicted molar refractivity (Wildman–Crippen MR) is 101 cm³/mol. The molecule has 0 N–H and O–H groups in total. The number of rotatable bonds is 4. The summed E-state index contributed by atoms with van der Waals surface area (Å²) in [6.45, 7) is 10.3. The van der Waals surface area contributed by atoms with E-state index in [1.165, 1.54) is 22.3 Å². The molecular weight excluding hydrogens is 326 g/mol. The molecule has 3 aromatic rings. The molecule has 0 atom stereocenters. The van der Waals surface area contributed by atoms with Gasteiger partial charge in [0.05, 0.1) is 5.39 Å². The molecule has 2 aromatic heterocycles. The molecule has 2 heterocycles. The molecule has 0 bridgehead atoms. The summed E-state index contributed by atoms with van der Waals surface area (Å²) in [5.74, 6) is 0.932. The minimum absolute atomic E-state index is 0.313. The second-order valence-corrected chi connectivity index (χ2v) is 6.83. The van der Waals surface area contributed by atoms with Gasteiger partial charge in [0.1, 0.15) is 10.6 Å². The molecule has 0 spiro atoms. The zero-order valence-corrected chi connectivity index (χ0v) is 15.4. The first-order valence-corrected chi connectivity index (χ1v) is 9.08. The summed E-state index contributed by atoms with van der Waals surface area (Å²) in [5.41, 5.74) is 4.97. The zero-order valence-electron chi connectivity index (χ0n) is 13.9. The Bertz CT molecular complexity index is 853. The number of aryl methyl sites for hydroxylation is 2. The van der Waals surface area contributed by atoms with Crippen LogP contribution >= 0.6 is 22.9 Å². The molecule has 3 rings (SSSR count). The van der Waals surface area contributed by atoms with Gasteiger partial charge in [-0.05, 0) is 50.4 Å². The van der Waals surface area contributed by atoms with Gasteiger partial charge in [0.15, 0.2) is 0 Å². The molecular formula is C18H20ClN3S. The van der Waals surface area contributed by atoms with Gasteiger partial charge < -0.3 is 4.90 Å². The minimum atomic E-state index is 0.313. The molecule has 0 unspecified atom stereocenters. The second-order valence-electron chi connectivity index (χ2n) is 5.64. The molecule has 0 saturated heterocycles. The van der Waals surface area contributed by atoms with E-state index in [4.69, 9.17) is 11.6 Å². The smallest absolute Gasteiger partial charge is 0.225 e. The summed E-state index contributed by atoms with van der Waals surface area (Å²) >= 11 is 7.77. The van der Waals surface area contributed by atoms with E-state index in [0.29, 0.717) is 5.28 Å². The van der Waals surface area contributed by atoms with Gasteiger partial charge in [0.25, 0.3) is 0 Å². The van der Waals surface area contributed by atoms with E-state index in [2.05, 4.69) is 66.1 Å². The normalized spacial score (nSPS) is 11.2. The Kier molecular flexibility index (Phi) is 4.55. The molecule has 0 aliphatic rings. The molecule has 0 aliphatic carbocycles. The van der Waals surface area contributed by atoms with Gasteiger partial charge >= 0.3 is 0 Å². The van der Waals surface area contributed by atoms with Crippen LogP contribution in [0.25, 0.3) is 21.3 Å². The summed E-state index contributed by atoms with van der Waals surface area (Å²) in [6, 6.07) is 6.55. The number of benzene rings is 1. The number of halogens is 1. The number of anilines is 1. The van der Waals surface area contributed by atoms with E-state index < -0.39 is 0 Å². The number of hydrogen-bond acceptors (Lipinski definition) is 4. The van der Waals surface area contributed by atoms with Crippen LogP contribution in [0.15, 0.2) is 23.6 Å². The fraction of sp³-hybridized carbons (Fsp3) is 0.333. The average Bonchev–Trinajstić information content (AvgIpc) is 2.92. The summed E-state index contributed by atoms with van der Waals surface area (Å²) in [7, 11) is 0. The highest BCUT2D eigenvalue weighted by Gasteiger charge is 2.18. The lowest BCUT2D eigenvalue weighted by atomic mass is 9.99. The molecule has 0 fully saturated rings. The number of nitrogens with zero attached hydrogens (tertiary/aromatic N) is 3. The Hall–Kier alpha value is -1.65. The molecule has 0 saturated carbocycles. The van der Waals surface area contributed by atoms with E-state index >= 15 is 0 Å². The van der Waals surface area contributed by atoms with Crippen LogP contribution in [0.1, 0.15) is 25.0 Å². The third-order valence-corrected chi connectivity index (χ3v) is 5.16. The third kappa shape index (κ3) is 2.93. The highest BCUT2D eigenvalue weighted by atomic mass is 35.5. The summed E-state index contributed by atoms with van der Waals surface area (Å²) in [6.07, 6.45) is 0. The second kappa shape index (κ2) is 6.46. The minimum Gasteiger partial charge on any atom is -0.356 e. The maximum absolute atomic E-state index is 6.15. The van der Waals surface area contributed by atoms with Crippen molar-refractivity contribution in [1.82, 2.24) is 9.97 Å². The maximum Gasteiger partial charge on any atom is 0.225 e. The van der Waals surface area contributed by atoms with Crippen LogP contribution in [0.5, 0.6) is 0 Å². The van der Waals surface area contributed by atoms with Crippen LogP contribution in [0.3, 0.4) is 0 Å². The van der Waals surface area contributed by atoms with E-state index in [-0.39, 0.29) is 0 Å². The Morgan fingerprint density at radius 2 is 1.83 bits per heavy atom. The Labute approximate surface area is 146 Å². The van der Waals surface area contributed by atoms with Gasteiger partial charge in [-0.1, -0.05) is 23.8 Å². The predicted octanol–water partition coefficient (Wildman–Crippen LogP) is 5.47. The fourth-order valence-corrected chi connectivity index (χ4v) is 4.11. The van der Waals surface area contributed by atoms with Crippen LogP contribution < -0.4 is 4.90 Å². The van der Waals surface area contributed by atoms with Crippen LogP contribution in [0, 0.1) is 13.8 Å². The number of fused-ring (bicyclic) bond motifs is 1. The van der Waals surface area contributed by atoms with E-state index in [1.807, 2.05) is 0 Å². The van der Waals surface area contributed by atoms with Crippen molar-refractivity contribution in [3.8, 4) is 11.1 Å². The largest absolute Gasteiger partial charge is 0.356 e. The average molecular weight is 346 g/mol. The standard InChI is InChI=1S/C18H20ClN3S/c1-5-22(6-2)16-15-14(10-23-17(15)21-18(19)20-16)13-8-7-11(3)9-12(13)4/h7-10H,5-6H2,1-4H3. The summed E-state index contributed by atoms with van der Waals surface area (Å²) < 4.78 is 0. The summed E-state index contributed by atoms with van der Waals surface area (Å²) in [5, 5.41) is 3.59. The van der Waals surface area contributed by atoms with Crippen molar-refractivity contribution in [2.75, 3.05) is 18.0 Å². The van der Waals surface area contributed by atoms with E-state index in [0.717, 1.165) is 29.1 Å². The Morgan fingerprint density at radius 3 is 2.48 bits per heavy atom. The monoisotopic (exact) mass is 345 g/mol. The lowest BCUT2D eigenvalue weighted by molar-refractivity contribution is 0.849. The van der Waals surface area contributed by atoms with Gasteiger partial charge in [0, 0.05) is 24.0 Å². The van der Waals surface area contributed by atoms with Crippen LogP contribution in [0.2, 0.25) is 5.28 Å². The van der Waals surface area contributed by atoms with Crippen molar-refractivity contribution < 1.29 is 0 Å². The van der Waals surface area contributed by atoms with Gasteiger partial charge in [-0.15, -0.1) is 11.3 Å². The first kappa shape index (κ1) is 16.2. The highest BCUT2D eigenvalue weighted by molar-refractivity contribution is 7.17. The van der Waals surface area contributed by atoms with E-state index in [1.54, 1.807) is 11.3 Å². The van der Waals surface area contributed by atoms with Crippen molar-refractivity contribution in [3.63, 3.8) is 0 Å². The molecule has 3 nitrogen and oxygen atoms in total. The molecule has 1 aromatic carbocycles. The van der Waals surface area contributed by atoms with Crippen molar-refractivity contribution in [2.45, 2.75) is 27.7 Å². The quantitative estimate of drug-likeness (QED) is 0.587. The lowest BCUT2D eigenvalue weighted by Gasteiger charge is -2.21. The third-order valence-electron chi connectivity index (χ3n) is 4.12.